The largest absolute Gasteiger partial charge is 0.336 e. The highest BCUT2D eigenvalue weighted by Crippen LogP contribution is 2.35. The minimum Gasteiger partial charge on any atom is -0.336 e. The topological polar surface area (TPSA) is 29.9 Å². The van der Waals surface area contributed by atoms with Crippen molar-refractivity contribution in [1.82, 2.24) is 14.9 Å². The molecule has 3 rings (SSSR count). The number of aromatic nitrogens is 2. The number of thioether (sulfide) groups is 1. The molecule has 0 bridgehead atoms. The molecule has 0 saturated carbocycles. The van der Waals surface area contributed by atoms with Gasteiger partial charge in [0.2, 0.25) is 0 Å². The summed E-state index contributed by atoms with van der Waals surface area (Å²) in [6, 6.07) is 0.553. The predicted molar refractivity (Wildman–Crippen MR) is 67.7 cm³/mol. The molecular weight excluding hydrogens is 218 g/mol. The number of imidazole rings is 1. The smallest absolute Gasteiger partial charge is 0.0949 e. The second kappa shape index (κ2) is 4.41. The molecule has 0 amide bonds. The molecule has 3 nitrogen and oxygen atoms in total. The van der Waals surface area contributed by atoms with E-state index in [1.807, 2.05) is 6.33 Å². The highest BCUT2D eigenvalue weighted by atomic mass is 32.2. The van der Waals surface area contributed by atoms with Gasteiger partial charge in [-0.15, -0.1) is 0 Å². The van der Waals surface area contributed by atoms with Crippen LogP contribution in [0, 0.1) is 5.92 Å². The van der Waals surface area contributed by atoms with Crippen molar-refractivity contribution in [2.45, 2.75) is 25.3 Å². The van der Waals surface area contributed by atoms with Gasteiger partial charge in [-0.3, -0.25) is 0 Å². The summed E-state index contributed by atoms with van der Waals surface area (Å²) < 4.78 is 2.22. The molecule has 88 valence electrons. The molecule has 1 aromatic heterocycles. The van der Waals surface area contributed by atoms with E-state index in [4.69, 9.17) is 0 Å². The molecule has 3 heterocycles. The normalized spacial score (nSPS) is 26.7. The summed E-state index contributed by atoms with van der Waals surface area (Å²) in [6.45, 7) is 1.10. The van der Waals surface area contributed by atoms with Gasteiger partial charge in [0.15, 0.2) is 0 Å². The molecule has 0 aliphatic carbocycles. The number of hydrogen-bond acceptors (Lipinski definition) is 3. The van der Waals surface area contributed by atoms with E-state index in [1.165, 1.54) is 35.7 Å². The Bertz CT molecular complexity index is 368. The van der Waals surface area contributed by atoms with Gasteiger partial charge in [-0.2, -0.15) is 11.8 Å². The van der Waals surface area contributed by atoms with Crippen molar-refractivity contribution in [2.75, 3.05) is 18.1 Å². The Kier molecular flexibility index (Phi) is 2.94. The molecule has 1 fully saturated rings. The van der Waals surface area contributed by atoms with Crippen molar-refractivity contribution in [2.24, 2.45) is 13.0 Å². The minimum atomic E-state index is 0.553. The molecule has 1 aromatic rings. The van der Waals surface area contributed by atoms with Crippen molar-refractivity contribution in [3.63, 3.8) is 0 Å². The zero-order valence-corrected chi connectivity index (χ0v) is 10.6. The Labute approximate surface area is 101 Å². The van der Waals surface area contributed by atoms with Crippen LogP contribution in [0.2, 0.25) is 0 Å². The minimum absolute atomic E-state index is 0.553. The molecule has 2 aliphatic heterocycles. The van der Waals surface area contributed by atoms with Gasteiger partial charge in [0.25, 0.3) is 0 Å². The molecular formula is C12H19N3S. The fourth-order valence-corrected chi connectivity index (χ4v) is 4.10. The Morgan fingerprint density at radius 3 is 3.06 bits per heavy atom. The van der Waals surface area contributed by atoms with Gasteiger partial charge in [-0.1, -0.05) is 0 Å². The van der Waals surface area contributed by atoms with E-state index in [-0.39, 0.29) is 0 Å². The number of aryl methyl sites for hydroxylation is 1. The van der Waals surface area contributed by atoms with Gasteiger partial charge in [-0.05, 0) is 30.3 Å². The van der Waals surface area contributed by atoms with Gasteiger partial charge in [0.1, 0.15) is 0 Å². The maximum absolute atomic E-state index is 4.52. The van der Waals surface area contributed by atoms with Gasteiger partial charge >= 0.3 is 0 Å². The first-order chi connectivity index (χ1) is 7.86. The number of nitrogens with zero attached hydrogens (tertiary/aromatic N) is 2. The molecule has 16 heavy (non-hydrogen) atoms. The van der Waals surface area contributed by atoms with Crippen LogP contribution in [0.4, 0.5) is 0 Å². The molecule has 0 aromatic carbocycles. The van der Waals surface area contributed by atoms with Crippen molar-refractivity contribution in [3.05, 3.63) is 17.7 Å². The van der Waals surface area contributed by atoms with Crippen molar-refractivity contribution in [3.8, 4) is 0 Å². The third kappa shape index (κ3) is 1.78. The van der Waals surface area contributed by atoms with Crippen LogP contribution in [0.25, 0.3) is 0 Å². The third-order valence-electron chi connectivity index (χ3n) is 3.82. The first kappa shape index (κ1) is 10.7. The zero-order chi connectivity index (χ0) is 11.0. The lowest BCUT2D eigenvalue weighted by atomic mass is 9.88. The van der Waals surface area contributed by atoms with Crippen molar-refractivity contribution >= 4 is 11.8 Å². The average Bonchev–Trinajstić information content (AvgIpc) is 2.73. The van der Waals surface area contributed by atoms with Crippen LogP contribution in [0.15, 0.2) is 6.33 Å². The lowest BCUT2D eigenvalue weighted by molar-refractivity contribution is 0.316. The molecule has 1 N–H and O–H groups in total. The van der Waals surface area contributed by atoms with Gasteiger partial charge in [-0.25, -0.2) is 4.98 Å². The lowest BCUT2D eigenvalue weighted by Gasteiger charge is -2.34. The van der Waals surface area contributed by atoms with E-state index in [0.717, 1.165) is 18.9 Å². The average molecular weight is 237 g/mol. The van der Waals surface area contributed by atoms with Crippen LogP contribution in [-0.2, 0) is 13.5 Å². The number of hydrogen-bond donors (Lipinski definition) is 1. The van der Waals surface area contributed by atoms with Gasteiger partial charge in [0, 0.05) is 20.0 Å². The molecule has 0 spiro atoms. The van der Waals surface area contributed by atoms with Gasteiger partial charge < -0.3 is 9.88 Å². The first-order valence-corrected chi connectivity index (χ1v) is 7.33. The molecule has 2 aliphatic rings. The maximum atomic E-state index is 4.52. The highest BCUT2D eigenvalue weighted by Gasteiger charge is 2.31. The Morgan fingerprint density at radius 1 is 1.44 bits per heavy atom. The van der Waals surface area contributed by atoms with E-state index in [0.29, 0.717) is 6.04 Å². The monoisotopic (exact) mass is 237 g/mol. The quantitative estimate of drug-likeness (QED) is 0.807. The first-order valence-electron chi connectivity index (χ1n) is 6.17. The third-order valence-corrected chi connectivity index (χ3v) is 4.87. The molecule has 0 radical (unpaired) electrons. The second-order valence-corrected chi connectivity index (χ2v) is 6.04. The highest BCUT2D eigenvalue weighted by molar-refractivity contribution is 7.99. The molecule has 1 saturated heterocycles. The predicted octanol–water partition coefficient (Wildman–Crippen LogP) is 1.75. The SMILES string of the molecule is Cn1cnc2c1C(C1CCSCC1)NCC2. The Hall–Kier alpha value is -0.480. The summed E-state index contributed by atoms with van der Waals surface area (Å²) in [7, 11) is 2.13. The van der Waals surface area contributed by atoms with Crippen LogP contribution >= 0.6 is 11.8 Å². The summed E-state index contributed by atoms with van der Waals surface area (Å²) in [5.74, 6) is 3.47. The van der Waals surface area contributed by atoms with Crippen LogP contribution in [0.1, 0.15) is 30.3 Å². The van der Waals surface area contributed by atoms with Crippen LogP contribution in [-0.4, -0.2) is 27.6 Å². The van der Waals surface area contributed by atoms with Gasteiger partial charge in [0.05, 0.1) is 23.8 Å². The summed E-state index contributed by atoms with van der Waals surface area (Å²) in [4.78, 5) is 4.52. The lowest BCUT2D eigenvalue weighted by Crippen LogP contribution is -2.37. The van der Waals surface area contributed by atoms with Crippen molar-refractivity contribution < 1.29 is 0 Å². The Balaban J connectivity index is 1.88. The summed E-state index contributed by atoms with van der Waals surface area (Å²) in [5.41, 5.74) is 2.77. The van der Waals surface area contributed by atoms with Crippen LogP contribution in [0.5, 0.6) is 0 Å². The van der Waals surface area contributed by atoms with Crippen molar-refractivity contribution in [1.29, 1.82) is 0 Å². The second-order valence-electron chi connectivity index (χ2n) is 4.82. The fourth-order valence-electron chi connectivity index (χ4n) is 2.96. The van der Waals surface area contributed by atoms with E-state index in [2.05, 4.69) is 33.7 Å². The molecule has 1 atom stereocenters. The van der Waals surface area contributed by atoms with E-state index in [1.54, 1.807) is 0 Å². The number of fused-ring (bicyclic) bond motifs is 1. The maximum Gasteiger partial charge on any atom is 0.0949 e. The molecule has 1 unspecified atom stereocenters. The fraction of sp³-hybridized carbons (Fsp3) is 0.750. The summed E-state index contributed by atoms with van der Waals surface area (Å²) in [6.07, 6.45) is 5.77. The van der Waals surface area contributed by atoms with E-state index >= 15 is 0 Å². The summed E-state index contributed by atoms with van der Waals surface area (Å²) in [5, 5.41) is 3.70. The molecule has 4 heteroatoms. The summed E-state index contributed by atoms with van der Waals surface area (Å²) >= 11 is 2.10. The Morgan fingerprint density at radius 2 is 2.25 bits per heavy atom. The number of rotatable bonds is 1. The zero-order valence-electron chi connectivity index (χ0n) is 9.78. The van der Waals surface area contributed by atoms with E-state index in [9.17, 15) is 0 Å². The standard InChI is InChI=1S/C12H19N3S/c1-15-8-14-10-2-5-13-11(12(10)15)9-3-6-16-7-4-9/h8-9,11,13H,2-7H2,1H3. The van der Waals surface area contributed by atoms with Crippen LogP contribution < -0.4 is 5.32 Å². The van der Waals surface area contributed by atoms with Crippen LogP contribution in [0.3, 0.4) is 0 Å². The van der Waals surface area contributed by atoms with E-state index < -0.39 is 0 Å². The number of nitrogens with one attached hydrogen (secondary N) is 1.